The van der Waals surface area contributed by atoms with Crippen LogP contribution in [0.4, 0.5) is 0 Å². The molecule has 0 aromatic heterocycles. The molecule has 0 aliphatic heterocycles. The lowest BCUT2D eigenvalue weighted by molar-refractivity contribution is -0.141. The smallest absolute Gasteiger partial charge is 0.303 e. The molecular formula is C9H16O5. The number of aliphatic carboxylic acids is 2. The fourth-order valence-electron chi connectivity index (χ4n) is 1.01. The van der Waals surface area contributed by atoms with Crippen LogP contribution in [0.1, 0.15) is 26.7 Å². The Bertz CT molecular complexity index is 183. The van der Waals surface area contributed by atoms with E-state index in [1.54, 1.807) is 0 Å². The molecule has 0 unspecified atom stereocenters. The maximum atomic E-state index is 10.4. The quantitative estimate of drug-likeness (QED) is 0.645. The van der Waals surface area contributed by atoms with Gasteiger partial charge in [0.2, 0.25) is 0 Å². The Morgan fingerprint density at radius 3 is 1.86 bits per heavy atom. The van der Waals surface area contributed by atoms with Crippen molar-refractivity contribution in [2.75, 3.05) is 6.61 Å². The number of carboxylic acids is 2. The van der Waals surface area contributed by atoms with Crippen molar-refractivity contribution in [2.45, 2.75) is 32.8 Å². The van der Waals surface area contributed by atoms with Gasteiger partial charge >= 0.3 is 11.9 Å². The first-order chi connectivity index (χ1) is 6.41. The minimum Gasteiger partial charge on any atom is -0.481 e. The molecule has 0 aliphatic rings. The maximum absolute atomic E-state index is 10.4. The summed E-state index contributed by atoms with van der Waals surface area (Å²) >= 11 is 0. The molecule has 0 radical (unpaired) electrons. The van der Waals surface area contributed by atoms with E-state index in [-0.39, 0.29) is 25.6 Å². The second kappa shape index (κ2) is 6.37. The van der Waals surface area contributed by atoms with Crippen molar-refractivity contribution in [3.05, 3.63) is 0 Å². The maximum Gasteiger partial charge on any atom is 0.303 e. The van der Waals surface area contributed by atoms with E-state index in [9.17, 15) is 9.59 Å². The van der Waals surface area contributed by atoms with E-state index in [2.05, 4.69) is 0 Å². The fourth-order valence-corrected chi connectivity index (χ4v) is 1.01. The number of carbonyl (C=O) groups is 2. The van der Waals surface area contributed by atoms with Crippen LogP contribution in [0.25, 0.3) is 0 Å². The van der Waals surface area contributed by atoms with E-state index in [1.165, 1.54) is 0 Å². The van der Waals surface area contributed by atoms with Crippen molar-refractivity contribution >= 4 is 11.9 Å². The van der Waals surface area contributed by atoms with Crippen molar-refractivity contribution in [1.82, 2.24) is 0 Å². The molecule has 82 valence electrons. The van der Waals surface area contributed by atoms with Crippen LogP contribution in [-0.2, 0) is 14.3 Å². The summed E-state index contributed by atoms with van der Waals surface area (Å²) in [5, 5.41) is 17.0. The normalized spacial score (nSPS) is 10.9. The lowest BCUT2D eigenvalue weighted by Crippen LogP contribution is -2.20. The van der Waals surface area contributed by atoms with Gasteiger partial charge in [-0.1, -0.05) is 0 Å². The lowest BCUT2D eigenvalue weighted by Gasteiger charge is -2.14. The second-order valence-corrected chi connectivity index (χ2v) is 3.44. The first-order valence-electron chi connectivity index (χ1n) is 4.47. The van der Waals surface area contributed by atoms with Crippen molar-refractivity contribution in [1.29, 1.82) is 0 Å². The van der Waals surface area contributed by atoms with E-state index in [0.717, 1.165) is 0 Å². The first kappa shape index (κ1) is 12.9. The molecule has 5 heteroatoms. The van der Waals surface area contributed by atoms with E-state index >= 15 is 0 Å². The van der Waals surface area contributed by atoms with Gasteiger partial charge < -0.3 is 14.9 Å². The van der Waals surface area contributed by atoms with Crippen molar-refractivity contribution in [2.24, 2.45) is 5.92 Å². The van der Waals surface area contributed by atoms with Gasteiger partial charge in [0.05, 0.1) is 25.6 Å². The molecule has 0 rings (SSSR count). The predicted octanol–water partition coefficient (Wildman–Crippen LogP) is 0.977. The molecule has 0 bridgehead atoms. The molecule has 0 amide bonds. The SMILES string of the molecule is CC(C)OCC(CC(=O)O)CC(=O)O. The molecule has 0 fully saturated rings. The zero-order valence-electron chi connectivity index (χ0n) is 8.40. The van der Waals surface area contributed by atoms with Crippen LogP contribution >= 0.6 is 0 Å². The molecule has 0 spiro atoms. The van der Waals surface area contributed by atoms with Gasteiger partial charge in [0, 0.05) is 5.92 Å². The Morgan fingerprint density at radius 1 is 1.14 bits per heavy atom. The molecule has 14 heavy (non-hydrogen) atoms. The zero-order chi connectivity index (χ0) is 11.1. The molecule has 0 saturated carbocycles. The molecule has 0 saturated heterocycles. The minimum absolute atomic E-state index is 0.0138. The number of hydrogen-bond acceptors (Lipinski definition) is 3. The number of rotatable bonds is 7. The first-order valence-corrected chi connectivity index (χ1v) is 4.47. The Hall–Kier alpha value is -1.10. The summed E-state index contributed by atoms with van der Waals surface area (Å²) in [5.41, 5.74) is 0. The highest BCUT2D eigenvalue weighted by molar-refractivity contribution is 5.70. The topological polar surface area (TPSA) is 83.8 Å². The van der Waals surface area contributed by atoms with Gasteiger partial charge in [-0.25, -0.2) is 0 Å². The third-order valence-corrected chi connectivity index (χ3v) is 1.59. The predicted molar refractivity (Wildman–Crippen MR) is 49.1 cm³/mol. The van der Waals surface area contributed by atoms with Gasteiger partial charge in [-0.3, -0.25) is 9.59 Å². The van der Waals surface area contributed by atoms with Crippen LogP contribution in [0.2, 0.25) is 0 Å². The summed E-state index contributed by atoms with van der Waals surface area (Å²) in [6.07, 6.45) is -0.349. The Balaban J connectivity index is 3.96. The Labute approximate surface area is 82.7 Å². The summed E-state index contributed by atoms with van der Waals surface area (Å²) in [6, 6.07) is 0. The van der Waals surface area contributed by atoms with E-state index < -0.39 is 17.9 Å². The lowest BCUT2D eigenvalue weighted by atomic mass is 10.0. The summed E-state index contributed by atoms with van der Waals surface area (Å²) < 4.78 is 5.18. The summed E-state index contributed by atoms with van der Waals surface area (Å²) in [4.78, 5) is 20.8. The zero-order valence-corrected chi connectivity index (χ0v) is 8.40. The minimum atomic E-state index is -0.997. The van der Waals surface area contributed by atoms with Gasteiger partial charge in [0.25, 0.3) is 0 Å². The van der Waals surface area contributed by atoms with Crippen molar-refractivity contribution in [3.63, 3.8) is 0 Å². The molecule has 0 aromatic carbocycles. The number of carboxylic acid groups (broad SMARTS) is 2. The average molecular weight is 204 g/mol. The Kier molecular flexibility index (Phi) is 5.87. The van der Waals surface area contributed by atoms with Crippen LogP contribution in [0.15, 0.2) is 0 Å². The molecule has 2 N–H and O–H groups in total. The van der Waals surface area contributed by atoms with Gasteiger partial charge in [-0.2, -0.15) is 0 Å². The second-order valence-electron chi connectivity index (χ2n) is 3.44. The standard InChI is InChI=1S/C9H16O5/c1-6(2)14-5-7(3-8(10)11)4-9(12)13/h6-7H,3-5H2,1-2H3,(H,10,11)(H,12,13). The highest BCUT2D eigenvalue weighted by Crippen LogP contribution is 2.10. The Morgan fingerprint density at radius 2 is 1.57 bits per heavy atom. The highest BCUT2D eigenvalue weighted by atomic mass is 16.5. The molecule has 0 aromatic rings. The van der Waals surface area contributed by atoms with E-state index in [0.29, 0.717) is 0 Å². The van der Waals surface area contributed by atoms with Crippen LogP contribution in [0.3, 0.4) is 0 Å². The van der Waals surface area contributed by atoms with Crippen LogP contribution in [0.5, 0.6) is 0 Å². The molecule has 0 atom stereocenters. The van der Waals surface area contributed by atoms with Crippen LogP contribution in [-0.4, -0.2) is 34.9 Å². The van der Waals surface area contributed by atoms with Crippen molar-refractivity contribution < 1.29 is 24.5 Å². The van der Waals surface area contributed by atoms with Crippen LogP contribution in [0, 0.1) is 5.92 Å². The van der Waals surface area contributed by atoms with E-state index in [4.69, 9.17) is 14.9 Å². The third kappa shape index (κ3) is 7.54. The van der Waals surface area contributed by atoms with E-state index in [1.807, 2.05) is 13.8 Å². The molecular weight excluding hydrogens is 188 g/mol. The number of hydrogen-bond donors (Lipinski definition) is 2. The molecule has 5 nitrogen and oxygen atoms in total. The monoisotopic (exact) mass is 204 g/mol. The summed E-state index contributed by atoms with van der Waals surface area (Å²) in [7, 11) is 0. The highest BCUT2D eigenvalue weighted by Gasteiger charge is 2.17. The molecule has 0 heterocycles. The van der Waals surface area contributed by atoms with Gasteiger partial charge in [-0.15, -0.1) is 0 Å². The third-order valence-electron chi connectivity index (χ3n) is 1.59. The summed E-state index contributed by atoms with van der Waals surface area (Å²) in [5.74, 6) is -2.44. The van der Waals surface area contributed by atoms with Crippen molar-refractivity contribution in [3.8, 4) is 0 Å². The number of ether oxygens (including phenoxy) is 1. The summed E-state index contributed by atoms with van der Waals surface area (Å²) in [6.45, 7) is 3.81. The largest absolute Gasteiger partial charge is 0.481 e. The van der Waals surface area contributed by atoms with Gasteiger partial charge in [-0.05, 0) is 13.8 Å². The van der Waals surface area contributed by atoms with Gasteiger partial charge in [0.1, 0.15) is 0 Å². The fraction of sp³-hybridized carbons (Fsp3) is 0.778. The molecule has 0 aliphatic carbocycles. The van der Waals surface area contributed by atoms with Crippen LogP contribution < -0.4 is 0 Å². The van der Waals surface area contributed by atoms with Gasteiger partial charge in [0.15, 0.2) is 0 Å². The average Bonchev–Trinajstić information content (AvgIpc) is 1.97.